The molecule has 3 heterocycles. The van der Waals surface area contributed by atoms with E-state index in [-0.39, 0.29) is 23.9 Å². The van der Waals surface area contributed by atoms with Gasteiger partial charge in [-0.2, -0.15) is 0 Å². The molecule has 1 aliphatic rings. The second-order valence-electron chi connectivity index (χ2n) is 6.10. The summed E-state index contributed by atoms with van der Waals surface area (Å²) in [5, 5.41) is 4.04. The van der Waals surface area contributed by atoms with Gasteiger partial charge in [-0.1, -0.05) is 0 Å². The maximum absolute atomic E-state index is 12.8. The number of aryl methyl sites for hydroxylation is 1. The van der Waals surface area contributed by atoms with Crippen LogP contribution in [-0.4, -0.2) is 47.0 Å². The van der Waals surface area contributed by atoms with Crippen LogP contribution in [0.3, 0.4) is 0 Å². The monoisotopic (exact) mass is 338 g/mol. The molecule has 6 nitrogen and oxygen atoms in total. The van der Waals surface area contributed by atoms with Crippen LogP contribution in [0.1, 0.15) is 23.2 Å². The van der Waals surface area contributed by atoms with Gasteiger partial charge in [0.2, 0.25) is 0 Å². The fraction of sp³-hybridized carbons (Fsp3) is 0.500. The Labute approximate surface area is 141 Å². The molecule has 1 saturated heterocycles. The molecule has 0 spiro atoms. The van der Waals surface area contributed by atoms with E-state index in [0.29, 0.717) is 22.4 Å². The molecule has 23 heavy (non-hydrogen) atoms. The van der Waals surface area contributed by atoms with Gasteiger partial charge in [0.05, 0.1) is 5.56 Å². The minimum absolute atomic E-state index is 0. The molecule has 2 aromatic heterocycles. The van der Waals surface area contributed by atoms with Gasteiger partial charge in [-0.15, -0.1) is 12.4 Å². The number of halogens is 1. The second kappa shape index (κ2) is 7.19. The van der Waals surface area contributed by atoms with E-state index in [0.717, 1.165) is 32.5 Å². The van der Waals surface area contributed by atoms with E-state index in [9.17, 15) is 9.59 Å². The smallest absolute Gasteiger partial charge is 0.274 e. The number of pyridine rings is 1. The molecular formula is C16H23ClN4O2. The van der Waals surface area contributed by atoms with Crippen LogP contribution < -0.4 is 10.9 Å². The number of carbonyl (C=O) groups is 1. The summed E-state index contributed by atoms with van der Waals surface area (Å²) in [5.41, 5.74) is 0.955. The first kappa shape index (κ1) is 17.6. The van der Waals surface area contributed by atoms with Gasteiger partial charge in [0.25, 0.3) is 11.5 Å². The third kappa shape index (κ3) is 3.43. The SMILES string of the molecule is CN(CC1CCNCC1)C(=O)c1cn(C)c(=O)c2[nH]ccc12.Cl. The second-order valence-corrected chi connectivity index (χ2v) is 6.10. The Kier molecular flexibility index (Phi) is 5.49. The molecule has 7 heteroatoms. The zero-order valence-corrected chi connectivity index (χ0v) is 14.3. The van der Waals surface area contributed by atoms with Gasteiger partial charge in [-0.3, -0.25) is 9.59 Å². The number of nitrogens with one attached hydrogen (secondary N) is 2. The molecule has 0 unspecified atom stereocenters. The lowest BCUT2D eigenvalue weighted by Gasteiger charge is -2.27. The van der Waals surface area contributed by atoms with Crippen LogP contribution in [0.4, 0.5) is 0 Å². The fourth-order valence-corrected chi connectivity index (χ4v) is 3.18. The van der Waals surface area contributed by atoms with Crippen LogP contribution in [0.5, 0.6) is 0 Å². The van der Waals surface area contributed by atoms with E-state index in [1.54, 1.807) is 30.4 Å². The number of aromatic amines is 1. The van der Waals surface area contributed by atoms with E-state index in [1.807, 2.05) is 7.05 Å². The fourth-order valence-electron chi connectivity index (χ4n) is 3.18. The van der Waals surface area contributed by atoms with Crippen molar-refractivity contribution in [1.29, 1.82) is 0 Å². The predicted octanol–water partition coefficient (Wildman–Crippen LogP) is 1.36. The van der Waals surface area contributed by atoms with Crippen molar-refractivity contribution in [2.24, 2.45) is 13.0 Å². The Hall–Kier alpha value is -1.79. The maximum Gasteiger partial charge on any atom is 0.274 e. The molecule has 1 aliphatic heterocycles. The summed E-state index contributed by atoms with van der Waals surface area (Å²) < 4.78 is 1.46. The van der Waals surface area contributed by atoms with Crippen molar-refractivity contribution in [1.82, 2.24) is 19.8 Å². The summed E-state index contributed by atoms with van der Waals surface area (Å²) in [6.07, 6.45) is 5.55. The Bertz CT molecular complexity index is 746. The standard InChI is InChI=1S/C16H22N4O2.ClH/c1-19(9-11-3-6-17-7-4-11)15(21)13-10-20(2)16(22)14-12(13)5-8-18-14;/h5,8,10-11,17-18H,3-4,6-7,9H2,1-2H3;1H. The van der Waals surface area contributed by atoms with Crippen LogP contribution >= 0.6 is 12.4 Å². The highest BCUT2D eigenvalue weighted by Gasteiger charge is 2.21. The molecule has 2 aromatic rings. The van der Waals surface area contributed by atoms with Gasteiger partial charge in [0.15, 0.2) is 0 Å². The molecular weight excluding hydrogens is 316 g/mol. The van der Waals surface area contributed by atoms with Gasteiger partial charge in [-0.25, -0.2) is 0 Å². The molecule has 1 amide bonds. The Balaban J connectivity index is 0.00000192. The van der Waals surface area contributed by atoms with Crippen molar-refractivity contribution in [2.75, 3.05) is 26.7 Å². The molecule has 3 rings (SSSR count). The van der Waals surface area contributed by atoms with Crippen molar-refractivity contribution in [3.05, 3.63) is 34.4 Å². The van der Waals surface area contributed by atoms with Gasteiger partial charge in [0.1, 0.15) is 5.52 Å². The van der Waals surface area contributed by atoms with Crippen molar-refractivity contribution >= 4 is 29.2 Å². The number of hydrogen-bond acceptors (Lipinski definition) is 3. The summed E-state index contributed by atoms with van der Waals surface area (Å²) >= 11 is 0. The first-order valence-electron chi connectivity index (χ1n) is 7.71. The van der Waals surface area contributed by atoms with Crippen LogP contribution in [0.15, 0.2) is 23.3 Å². The van der Waals surface area contributed by atoms with E-state index in [2.05, 4.69) is 10.3 Å². The number of aromatic nitrogens is 2. The highest BCUT2D eigenvalue weighted by atomic mass is 35.5. The summed E-state index contributed by atoms with van der Waals surface area (Å²) in [5.74, 6) is 0.517. The first-order chi connectivity index (χ1) is 10.6. The predicted molar refractivity (Wildman–Crippen MR) is 93.3 cm³/mol. The van der Waals surface area contributed by atoms with Crippen LogP contribution in [-0.2, 0) is 7.05 Å². The van der Waals surface area contributed by atoms with Crippen molar-refractivity contribution in [3.8, 4) is 0 Å². The van der Waals surface area contributed by atoms with Crippen LogP contribution in [0.2, 0.25) is 0 Å². The van der Waals surface area contributed by atoms with Gasteiger partial charge in [0, 0.05) is 38.4 Å². The van der Waals surface area contributed by atoms with Gasteiger partial charge in [-0.05, 0) is 37.9 Å². The summed E-state index contributed by atoms with van der Waals surface area (Å²) in [4.78, 5) is 29.5. The Morgan fingerprint density at radius 1 is 1.39 bits per heavy atom. The minimum Gasteiger partial charge on any atom is -0.357 e. The number of fused-ring (bicyclic) bond motifs is 1. The van der Waals surface area contributed by atoms with Crippen LogP contribution in [0.25, 0.3) is 10.9 Å². The highest BCUT2D eigenvalue weighted by Crippen LogP contribution is 2.18. The molecule has 0 atom stereocenters. The first-order valence-corrected chi connectivity index (χ1v) is 7.71. The topological polar surface area (TPSA) is 70.1 Å². The Morgan fingerprint density at radius 2 is 2.09 bits per heavy atom. The average Bonchev–Trinajstić information content (AvgIpc) is 3.01. The third-order valence-corrected chi connectivity index (χ3v) is 4.46. The normalized spacial score (nSPS) is 15.4. The number of H-pyrrole nitrogens is 1. The molecule has 0 saturated carbocycles. The van der Waals surface area contributed by atoms with E-state index in [4.69, 9.17) is 0 Å². The molecule has 0 bridgehead atoms. The van der Waals surface area contributed by atoms with Crippen molar-refractivity contribution in [3.63, 3.8) is 0 Å². The molecule has 126 valence electrons. The summed E-state index contributed by atoms with van der Waals surface area (Å²) in [6, 6.07) is 1.79. The van der Waals surface area contributed by atoms with Crippen molar-refractivity contribution < 1.29 is 4.79 Å². The summed E-state index contributed by atoms with van der Waals surface area (Å²) in [7, 11) is 3.51. The number of piperidine rings is 1. The minimum atomic E-state index is -0.113. The lowest BCUT2D eigenvalue weighted by atomic mass is 9.97. The number of rotatable bonds is 3. The number of carbonyl (C=O) groups excluding carboxylic acids is 1. The molecule has 2 N–H and O–H groups in total. The number of nitrogens with zero attached hydrogens (tertiary/aromatic N) is 2. The largest absolute Gasteiger partial charge is 0.357 e. The van der Waals surface area contributed by atoms with E-state index < -0.39 is 0 Å². The summed E-state index contributed by atoms with van der Waals surface area (Å²) in [6.45, 7) is 2.80. The van der Waals surface area contributed by atoms with E-state index in [1.165, 1.54) is 4.57 Å². The maximum atomic E-state index is 12.8. The zero-order chi connectivity index (χ0) is 15.7. The Morgan fingerprint density at radius 3 is 2.78 bits per heavy atom. The highest BCUT2D eigenvalue weighted by molar-refractivity contribution is 6.05. The quantitative estimate of drug-likeness (QED) is 0.887. The third-order valence-electron chi connectivity index (χ3n) is 4.46. The van der Waals surface area contributed by atoms with Crippen LogP contribution in [0, 0.1) is 5.92 Å². The lowest BCUT2D eigenvalue weighted by Crippen LogP contribution is -2.37. The molecule has 0 aliphatic carbocycles. The van der Waals surface area contributed by atoms with Gasteiger partial charge < -0.3 is 19.8 Å². The zero-order valence-electron chi connectivity index (χ0n) is 13.5. The lowest BCUT2D eigenvalue weighted by molar-refractivity contribution is 0.0764. The number of amides is 1. The van der Waals surface area contributed by atoms with Crippen molar-refractivity contribution in [2.45, 2.75) is 12.8 Å². The molecule has 0 radical (unpaired) electrons. The molecule has 0 aromatic carbocycles. The molecule has 1 fully saturated rings. The van der Waals surface area contributed by atoms with Gasteiger partial charge >= 0.3 is 0 Å². The average molecular weight is 339 g/mol. The number of hydrogen-bond donors (Lipinski definition) is 2. The van der Waals surface area contributed by atoms with E-state index >= 15 is 0 Å².